The van der Waals surface area contributed by atoms with Crippen molar-refractivity contribution in [2.75, 3.05) is 45.9 Å². The topological polar surface area (TPSA) is 53.6 Å². The Bertz CT molecular complexity index is 499. The second-order valence-corrected chi connectivity index (χ2v) is 6.09. The van der Waals surface area contributed by atoms with E-state index < -0.39 is 0 Å². The van der Waals surface area contributed by atoms with Crippen LogP contribution in [-0.2, 0) is 4.79 Å². The molecule has 5 heteroatoms. The molecule has 5 nitrogen and oxygen atoms in total. The van der Waals surface area contributed by atoms with Crippen LogP contribution in [0.1, 0.15) is 24.0 Å². The maximum atomic E-state index is 11.8. The van der Waals surface area contributed by atoms with E-state index in [1.165, 1.54) is 5.56 Å². The molecular formula is C18H29N3O2. The van der Waals surface area contributed by atoms with Crippen LogP contribution in [0.3, 0.4) is 0 Å². The van der Waals surface area contributed by atoms with Crippen LogP contribution in [0.5, 0.6) is 5.75 Å². The third kappa shape index (κ3) is 6.20. The predicted molar refractivity (Wildman–Crippen MR) is 93.0 cm³/mol. The average Bonchev–Trinajstić information content (AvgIpc) is 2.56. The van der Waals surface area contributed by atoms with Crippen LogP contribution in [0.2, 0.25) is 0 Å². The van der Waals surface area contributed by atoms with E-state index in [1.54, 1.807) is 0 Å². The first kappa shape index (κ1) is 17.8. The Kier molecular flexibility index (Phi) is 7.36. The minimum Gasteiger partial charge on any atom is -0.493 e. The fourth-order valence-corrected chi connectivity index (χ4v) is 2.69. The molecule has 1 amide bonds. The third-order valence-corrected chi connectivity index (χ3v) is 4.32. The van der Waals surface area contributed by atoms with Gasteiger partial charge in [0.2, 0.25) is 5.91 Å². The molecule has 2 N–H and O–H groups in total. The first-order valence-electron chi connectivity index (χ1n) is 8.55. The zero-order valence-electron chi connectivity index (χ0n) is 14.4. The second-order valence-electron chi connectivity index (χ2n) is 6.09. The van der Waals surface area contributed by atoms with Gasteiger partial charge in [-0.25, -0.2) is 0 Å². The van der Waals surface area contributed by atoms with Crippen LogP contribution < -0.4 is 15.4 Å². The Morgan fingerprint density at radius 1 is 1.30 bits per heavy atom. The summed E-state index contributed by atoms with van der Waals surface area (Å²) in [5.74, 6) is 0.937. The van der Waals surface area contributed by atoms with E-state index >= 15 is 0 Å². The molecule has 128 valence electrons. The first-order valence-corrected chi connectivity index (χ1v) is 8.55. The summed E-state index contributed by atoms with van der Waals surface area (Å²) in [5, 5.41) is 6.32. The van der Waals surface area contributed by atoms with Crippen molar-refractivity contribution >= 4 is 5.91 Å². The summed E-state index contributed by atoms with van der Waals surface area (Å²) in [7, 11) is 0. The monoisotopic (exact) mass is 319 g/mol. The number of hydrogen-bond acceptors (Lipinski definition) is 4. The van der Waals surface area contributed by atoms with Gasteiger partial charge < -0.3 is 20.3 Å². The van der Waals surface area contributed by atoms with E-state index in [9.17, 15) is 4.79 Å². The molecule has 0 aliphatic carbocycles. The molecule has 23 heavy (non-hydrogen) atoms. The van der Waals surface area contributed by atoms with Crippen molar-refractivity contribution in [2.45, 2.75) is 26.7 Å². The molecule has 0 aromatic heterocycles. The Balaban J connectivity index is 1.55. The van der Waals surface area contributed by atoms with Gasteiger partial charge in [0.15, 0.2) is 0 Å². The van der Waals surface area contributed by atoms with Gasteiger partial charge in [0, 0.05) is 32.7 Å². The number of ether oxygens (including phenoxy) is 1. The smallest absolute Gasteiger partial charge is 0.223 e. The number of nitrogens with zero attached hydrogens (tertiary/aromatic N) is 1. The van der Waals surface area contributed by atoms with Crippen molar-refractivity contribution in [3.8, 4) is 5.75 Å². The van der Waals surface area contributed by atoms with Crippen LogP contribution in [0.4, 0.5) is 0 Å². The first-order chi connectivity index (χ1) is 11.2. The Hall–Kier alpha value is -1.59. The zero-order chi connectivity index (χ0) is 16.5. The van der Waals surface area contributed by atoms with Crippen molar-refractivity contribution in [3.63, 3.8) is 0 Å². The molecular weight excluding hydrogens is 290 g/mol. The highest BCUT2D eigenvalue weighted by molar-refractivity contribution is 5.75. The van der Waals surface area contributed by atoms with Gasteiger partial charge in [0.05, 0.1) is 13.0 Å². The maximum Gasteiger partial charge on any atom is 0.223 e. The Morgan fingerprint density at radius 3 is 2.87 bits per heavy atom. The van der Waals surface area contributed by atoms with Gasteiger partial charge in [-0.2, -0.15) is 0 Å². The number of aryl methyl sites for hydroxylation is 1. The molecule has 1 heterocycles. The number of benzene rings is 1. The van der Waals surface area contributed by atoms with Crippen LogP contribution >= 0.6 is 0 Å². The summed E-state index contributed by atoms with van der Waals surface area (Å²) < 4.78 is 5.71. The summed E-state index contributed by atoms with van der Waals surface area (Å²) in [6, 6.07) is 5.99. The van der Waals surface area contributed by atoms with E-state index in [1.807, 2.05) is 19.1 Å². The summed E-state index contributed by atoms with van der Waals surface area (Å²) >= 11 is 0. The van der Waals surface area contributed by atoms with Gasteiger partial charge in [0.25, 0.3) is 0 Å². The summed E-state index contributed by atoms with van der Waals surface area (Å²) in [5.41, 5.74) is 2.35. The van der Waals surface area contributed by atoms with Crippen LogP contribution in [0.25, 0.3) is 0 Å². The molecule has 0 saturated carbocycles. The van der Waals surface area contributed by atoms with E-state index in [4.69, 9.17) is 4.74 Å². The van der Waals surface area contributed by atoms with E-state index in [-0.39, 0.29) is 5.91 Å². The number of nitrogens with one attached hydrogen (secondary N) is 2. The normalized spacial score (nSPS) is 15.4. The van der Waals surface area contributed by atoms with Crippen molar-refractivity contribution in [3.05, 3.63) is 29.3 Å². The van der Waals surface area contributed by atoms with Crippen molar-refractivity contribution in [2.24, 2.45) is 0 Å². The summed E-state index contributed by atoms with van der Waals surface area (Å²) in [6.07, 6.45) is 1.41. The molecule has 1 aliphatic rings. The molecule has 0 radical (unpaired) electrons. The lowest BCUT2D eigenvalue weighted by molar-refractivity contribution is -0.121. The molecule has 2 rings (SSSR count). The standard InChI is InChI=1S/C18H29N3O2/c1-15-5-3-6-17(16(15)2)23-14-7-18(22)20-8-4-11-21-12-9-19-10-13-21/h3,5-6,19H,4,7-14H2,1-2H3,(H,20,22). The van der Waals surface area contributed by atoms with Gasteiger partial charge in [-0.3, -0.25) is 4.79 Å². The van der Waals surface area contributed by atoms with Crippen molar-refractivity contribution < 1.29 is 9.53 Å². The van der Waals surface area contributed by atoms with Gasteiger partial charge >= 0.3 is 0 Å². The largest absolute Gasteiger partial charge is 0.493 e. The highest BCUT2D eigenvalue weighted by atomic mass is 16.5. The summed E-state index contributed by atoms with van der Waals surface area (Å²) in [4.78, 5) is 14.3. The molecule has 0 unspecified atom stereocenters. The average molecular weight is 319 g/mol. The maximum absolute atomic E-state index is 11.8. The van der Waals surface area contributed by atoms with Crippen molar-refractivity contribution in [1.82, 2.24) is 15.5 Å². The number of amides is 1. The quantitative estimate of drug-likeness (QED) is 0.713. The molecule has 0 bridgehead atoms. The number of carbonyl (C=O) groups is 1. The van der Waals surface area contributed by atoms with Crippen molar-refractivity contribution in [1.29, 1.82) is 0 Å². The fraction of sp³-hybridized carbons (Fsp3) is 0.611. The Morgan fingerprint density at radius 2 is 2.09 bits per heavy atom. The van der Waals surface area contributed by atoms with Gasteiger partial charge in [-0.1, -0.05) is 12.1 Å². The van der Waals surface area contributed by atoms with Gasteiger partial charge in [-0.05, 0) is 44.0 Å². The number of rotatable bonds is 8. The number of piperazine rings is 1. The fourth-order valence-electron chi connectivity index (χ4n) is 2.69. The summed E-state index contributed by atoms with van der Waals surface area (Å²) in [6.45, 7) is 10.7. The SMILES string of the molecule is Cc1cccc(OCCC(=O)NCCCN2CCNCC2)c1C. The minimum atomic E-state index is 0.0654. The van der Waals surface area contributed by atoms with Crippen LogP contribution in [-0.4, -0.2) is 56.7 Å². The lowest BCUT2D eigenvalue weighted by atomic mass is 10.1. The minimum absolute atomic E-state index is 0.0654. The second kappa shape index (κ2) is 9.53. The molecule has 1 fully saturated rings. The lowest BCUT2D eigenvalue weighted by Gasteiger charge is -2.27. The molecule has 1 saturated heterocycles. The van der Waals surface area contributed by atoms with Crippen LogP contribution in [0.15, 0.2) is 18.2 Å². The van der Waals surface area contributed by atoms with E-state index in [0.29, 0.717) is 13.0 Å². The molecule has 0 spiro atoms. The molecule has 1 aromatic rings. The molecule has 1 aromatic carbocycles. The predicted octanol–water partition coefficient (Wildman–Crippen LogP) is 1.48. The molecule has 1 aliphatic heterocycles. The lowest BCUT2D eigenvalue weighted by Crippen LogP contribution is -2.44. The third-order valence-electron chi connectivity index (χ3n) is 4.32. The Labute approximate surface area is 139 Å². The van der Waals surface area contributed by atoms with Gasteiger partial charge in [0.1, 0.15) is 5.75 Å². The van der Waals surface area contributed by atoms with E-state index in [0.717, 1.165) is 57.0 Å². The van der Waals surface area contributed by atoms with Crippen LogP contribution in [0, 0.1) is 13.8 Å². The molecule has 0 atom stereocenters. The number of carbonyl (C=O) groups excluding carboxylic acids is 1. The highest BCUT2D eigenvalue weighted by Crippen LogP contribution is 2.20. The number of hydrogen-bond donors (Lipinski definition) is 2. The zero-order valence-corrected chi connectivity index (χ0v) is 14.4. The van der Waals surface area contributed by atoms with E-state index in [2.05, 4.69) is 28.5 Å². The van der Waals surface area contributed by atoms with Gasteiger partial charge in [-0.15, -0.1) is 0 Å². The highest BCUT2D eigenvalue weighted by Gasteiger charge is 2.09.